The summed E-state index contributed by atoms with van der Waals surface area (Å²) >= 11 is 1.94. The molecule has 18 aliphatic rings. The maximum Gasteiger partial charge on any atom is 0.159 e. The molecule has 0 spiro atoms. The molecule has 135 heavy (non-hydrogen) atoms. The van der Waals surface area contributed by atoms with Gasteiger partial charge in [-0.25, -0.2) is 0 Å². The van der Waals surface area contributed by atoms with E-state index in [1.54, 1.807) is 27.8 Å². The minimum absolute atomic E-state index is 0.413. The van der Waals surface area contributed by atoms with Crippen LogP contribution in [0.1, 0.15) is 244 Å². The van der Waals surface area contributed by atoms with Crippen LogP contribution in [-0.4, -0.2) is 4.57 Å². The van der Waals surface area contributed by atoms with Crippen molar-refractivity contribution in [3.05, 3.63) is 337 Å². The summed E-state index contributed by atoms with van der Waals surface area (Å²) in [5.74, 6) is 16.5. The molecule has 18 bridgehead atoms. The Morgan fingerprint density at radius 2 is 0.607 bits per heavy atom. The first-order chi connectivity index (χ1) is 66.5. The normalized spacial score (nSPS) is 31.3. The molecule has 3 heterocycles. The number of aromatic nitrogens is 1. The van der Waals surface area contributed by atoms with Crippen LogP contribution >= 0.6 is 11.3 Å². The lowest BCUT2D eigenvalue weighted by molar-refractivity contribution is -0.00530. The highest BCUT2D eigenvalue weighted by atomic mass is 32.1. The second kappa shape index (κ2) is 32.1. The number of furan rings is 1. The van der Waals surface area contributed by atoms with E-state index in [1.807, 2.05) is 11.3 Å². The Hall–Kier alpha value is -10.9. The lowest BCUT2D eigenvalue weighted by Crippen LogP contribution is -2.48. The first kappa shape index (κ1) is 81.3. The Labute approximate surface area is 802 Å². The standard InChI is InChI=1S/C47H46N2.C41H41NO.C41H41NS/c1-2-6-38(7-3-1)49-45-9-5-4-8-42(45)43-21-20-41(27-46(43)49)48(39-16-12-35(13-17-39)44-26-31-10-11-36(44)25-31)40-18-14-37(15-19-40)47-28-32-22-33(29-47)24-34(23-32)30-47;2*1-2-7-39-35(4-1)36-5-3-6-38(40(36)43-39)42(33-14-10-30(11-15-33)37-22-26-8-9-31(37)21-26)34-16-12-32(13-17-34)41-23-27-18-28(24-41)20-29(19-27)25-41/h1-9,12-21,27,31-34,36,44H,10-11,22-26,28-30H2;2*1-7,10-17,26-29,31,37H,8-9,18-25H2. The molecule has 34 rings (SSSR count). The summed E-state index contributed by atoms with van der Waals surface area (Å²) in [6.07, 6.45) is 43.4. The summed E-state index contributed by atoms with van der Waals surface area (Å²) in [7, 11) is 0. The highest BCUT2D eigenvalue weighted by Gasteiger charge is 2.55. The summed E-state index contributed by atoms with van der Waals surface area (Å²) in [4.78, 5) is 7.50. The SMILES string of the molecule is c1ccc(-n2c3ccccc3c3ccc(N(c4ccc(C5CC6CCC5C6)cc4)c4ccc(C56CC7CC(CC(C7)C5)C6)cc4)cc32)cc1.c1ccc2c(c1)oc1c(N(c3ccc(C4CC5CCC4C5)cc3)c3ccc(C45CC6CC(CC(C6)C4)C5)cc3)cccc12.c1ccc2c(c1)sc1c(N(c3ccc(C4CC5CCC4C5)cc3)c3ccc(C45CC6CC(CC(C6)C4)C5)cc3)cccc12. The van der Waals surface area contributed by atoms with Crippen LogP contribution in [0.15, 0.2) is 308 Å². The summed E-state index contributed by atoms with van der Waals surface area (Å²) in [6, 6.07) is 116. The van der Waals surface area contributed by atoms with E-state index in [0.29, 0.717) is 16.2 Å². The molecule has 0 aliphatic heterocycles. The van der Waals surface area contributed by atoms with E-state index < -0.39 is 0 Å². The van der Waals surface area contributed by atoms with Crippen molar-refractivity contribution in [2.75, 3.05) is 14.7 Å². The maximum atomic E-state index is 6.59. The molecule has 13 aromatic carbocycles. The van der Waals surface area contributed by atoms with Gasteiger partial charge in [-0.1, -0.05) is 195 Å². The Bertz CT molecular complexity index is 6820. The summed E-state index contributed by atoms with van der Waals surface area (Å²) in [6.45, 7) is 0. The number of fused-ring (bicyclic) bond motifs is 15. The Morgan fingerprint density at radius 1 is 0.252 bits per heavy atom. The highest BCUT2D eigenvalue weighted by Crippen LogP contribution is 2.66. The molecule has 0 amide bonds. The van der Waals surface area contributed by atoms with Crippen LogP contribution in [0, 0.1) is 88.8 Å². The van der Waals surface area contributed by atoms with Crippen LogP contribution < -0.4 is 14.7 Å². The van der Waals surface area contributed by atoms with Gasteiger partial charge in [0.2, 0.25) is 0 Å². The van der Waals surface area contributed by atoms with Gasteiger partial charge in [-0.05, 0) is 457 Å². The quantitative estimate of drug-likeness (QED) is 0.0964. The maximum absolute atomic E-state index is 6.59. The topological polar surface area (TPSA) is 27.8 Å². The van der Waals surface area contributed by atoms with E-state index in [0.717, 1.165) is 123 Å². The molecule has 676 valence electrons. The third kappa shape index (κ3) is 13.8. The van der Waals surface area contributed by atoms with Gasteiger partial charge >= 0.3 is 0 Å². The number of hydrogen-bond donors (Lipinski definition) is 0. The van der Waals surface area contributed by atoms with Crippen LogP contribution in [-0.2, 0) is 16.2 Å². The predicted molar refractivity (Wildman–Crippen MR) is 562 cm³/mol. The van der Waals surface area contributed by atoms with Crippen molar-refractivity contribution in [3.8, 4) is 5.69 Å². The molecule has 18 fully saturated rings. The third-order valence-electron chi connectivity index (χ3n) is 39.5. The van der Waals surface area contributed by atoms with E-state index in [1.165, 1.54) is 302 Å². The van der Waals surface area contributed by atoms with Crippen LogP contribution in [0.5, 0.6) is 0 Å². The second-order valence-electron chi connectivity index (χ2n) is 47.3. The van der Waals surface area contributed by atoms with E-state index in [4.69, 9.17) is 4.42 Å². The fourth-order valence-electron chi connectivity index (χ4n) is 34.9. The molecular weight excluding hydrogens is 1650 g/mol. The first-order valence-corrected chi connectivity index (χ1v) is 54.3. The van der Waals surface area contributed by atoms with Gasteiger partial charge in [-0.2, -0.15) is 0 Å². The van der Waals surface area contributed by atoms with Crippen LogP contribution in [0.25, 0.3) is 69.6 Å². The lowest BCUT2D eigenvalue weighted by atomic mass is 9.48. The van der Waals surface area contributed by atoms with Crippen LogP contribution in [0.2, 0.25) is 0 Å². The van der Waals surface area contributed by atoms with Gasteiger partial charge in [0.05, 0.1) is 27.1 Å². The average molecular weight is 1780 g/mol. The Balaban J connectivity index is 0.0000000987. The highest BCUT2D eigenvalue weighted by molar-refractivity contribution is 7.26. The third-order valence-corrected chi connectivity index (χ3v) is 40.7. The molecular formula is C129H128N4OS. The fraction of sp³-hybridized carbons (Fsp3) is 0.395. The summed E-state index contributed by atoms with van der Waals surface area (Å²) in [5.41, 5.74) is 27.4. The Morgan fingerprint density at radius 3 is 1.04 bits per heavy atom. The van der Waals surface area contributed by atoms with E-state index >= 15 is 0 Å². The zero-order valence-electron chi connectivity index (χ0n) is 78.6. The van der Waals surface area contributed by atoms with Crippen molar-refractivity contribution in [3.63, 3.8) is 0 Å². The van der Waals surface area contributed by atoms with Crippen molar-refractivity contribution >= 4 is 126 Å². The van der Waals surface area contributed by atoms with Gasteiger partial charge < -0.3 is 23.7 Å². The van der Waals surface area contributed by atoms with Gasteiger partial charge in [0.15, 0.2) is 5.58 Å². The number of benzene rings is 13. The number of thiophene rings is 1. The second-order valence-corrected chi connectivity index (χ2v) is 48.3. The largest absolute Gasteiger partial charge is 0.454 e. The number of nitrogens with zero attached hydrogens (tertiary/aromatic N) is 4. The lowest BCUT2D eigenvalue weighted by Gasteiger charge is -2.57. The van der Waals surface area contributed by atoms with Gasteiger partial charge in [-0.15, -0.1) is 11.3 Å². The molecule has 9 atom stereocenters. The van der Waals surface area contributed by atoms with Crippen LogP contribution in [0.4, 0.5) is 51.2 Å². The number of para-hydroxylation sites is 4. The van der Waals surface area contributed by atoms with Gasteiger partial charge in [0.25, 0.3) is 0 Å². The molecule has 16 aromatic rings. The zero-order chi connectivity index (χ0) is 88.4. The van der Waals surface area contributed by atoms with Crippen molar-refractivity contribution in [2.45, 2.75) is 227 Å². The van der Waals surface area contributed by atoms with Crippen molar-refractivity contribution in [1.82, 2.24) is 4.57 Å². The minimum atomic E-state index is 0.413. The number of rotatable bonds is 16. The van der Waals surface area contributed by atoms with Gasteiger partial charge in [0.1, 0.15) is 5.58 Å². The minimum Gasteiger partial charge on any atom is -0.454 e. The predicted octanol–water partition coefficient (Wildman–Crippen LogP) is 35.9. The van der Waals surface area contributed by atoms with Gasteiger partial charge in [-0.3, -0.25) is 0 Å². The summed E-state index contributed by atoms with van der Waals surface area (Å²) in [5, 5.41) is 7.70. The molecule has 18 aliphatic carbocycles. The van der Waals surface area contributed by atoms with E-state index in [-0.39, 0.29) is 0 Å². The van der Waals surface area contributed by atoms with E-state index in [9.17, 15) is 0 Å². The molecule has 18 saturated carbocycles. The molecule has 6 heteroatoms. The van der Waals surface area contributed by atoms with Crippen molar-refractivity contribution in [1.29, 1.82) is 0 Å². The van der Waals surface area contributed by atoms with Crippen molar-refractivity contribution < 1.29 is 4.42 Å². The molecule has 5 nitrogen and oxygen atoms in total. The molecule has 3 aromatic heterocycles. The fourth-order valence-corrected chi connectivity index (χ4v) is 36.1. The number of hydrogen-bond acceptors (Lipinski definition) is 5. The molecule has 0 radical (unpaired) electrons. The van der Waals surface area contributed by atoms with Crippen molar-refractivity contribution in [2.24, 2.45) is 88.8 Å². The Kier molecular flexibility index (Phi) is 19.3. The van der Waals surface area contributed by atoms with E-state index in [2.05, 4.69) is 323 Å². The number of anilines is 9. The molecule has 0 N–H and O–H groups in total. The summed E-state index contributed by atoms with van der Waals surface area (Å²) < 4.78 is 11.8. The molecule has 0 saturated heterocycles. The average Bonchev–Trinajstić information content (AvgIpc) is 1.72. The smallest absolute Gasteiger partial charge is 0.159 e. The zero-order valence-corrected chi connectivity index (χ0v) is 79.4. The van der Waals surface area contributed by atoms with Crippen LogP contribution in [0.3, 0.4) is 0 Å². The van der Waals surface area contributed by atoms with Gasteiger partial charge in [0, 0.05) is 82.5 Å². The molecule has 9 unspecified atom stereocenters. The monoisotopic (exact) mass is 1780 g/mol. The first-order valence-electron chi connectivity index (χ1n) is 53.5.